The molecule has 4 aromatic rings. The molecule has 35 heavy (non-hydrogen) atoms. The number of carbonyl (C=O) groups is 1. The van der Waals surface area contributed by atoms with E-state index in [0.29, 0.717) is 34.4 Å². The van der Waals surface area contributed by atoms with Gasteiger partial charge < -0.3 is 15.0 Å². The van der Waals surface area contributed by atoms with Crippen LogP contribution in [0.25, 0.3) is 22.6 Å². The van der Waals surface area contributed by atoms with Gasteiger partial charge in [-0.3, -0.25) is 9.78 Å². The quantitative estimate of drug-likeness (QED) is 0.327. The number of ether oxygens (including phenoxy) is 1. The van der Waals surface area contributed by atoms with Gasteiger partial charge in [0.15, 0.2) is 11.5 Å². The van der Waals surface area contributed by atoms with Crippen molar-refractivity contribution in [1.29, 1.82) is 0 Å². The van der Waals surface area contributed by atoms with Crippen molar-refractivity contribution in [3.63, 3.8) is 0 Å². The predicted molar refractivity (Wildman–Crippen MR) is 138 cm³/mol. The lowest BCUT2D eigenvalue weighted by atomic mass is 9.85. The second kappa shape index (κ2) is 9.55. The van der Waals surface area contributed by atoms with E-state index in [4.69, 9.17) is 31.6 Å². The number of nitrogens with zero attached hydrogens (tertiary/aromatic N) is 2. The summed E-state index contributed by atoms with van der Waals surface area (Å²) >= 11 is 6.69. The van der Waals surface area contributed by atoms with Gasteiger partial charge in [-0.15, -0.1) is 0 Å². The molecule has 2 heterocycles. The van der Waals surface area contributed by atoms with Crippen molar-refractivity contribution in [2.24, 2.45) is 5.73 Å². The molecular weight excluding hydrogens is 462 g/mol. The van der Waals surface area contributed by atoms with Gasteiger partial charge in [-0.25, -0.2) is 0 Å². The van der Waals surface area contributed by atoms with Crippen molar-refractivity contribution in [1.82, 2.24) is 10.1 Å². The zero-order chi connectivity index (χ0) is 25.3. The molecule has 2 aromatic heterocycles. The molecule has 0 radical (unpaired) electrons. The first kappa shape index (κ1) is 24.5. The number of hydrogen-bond acceptors (Lipinski definition) is 5. The molecule has 0 fully saturated rings. The Balaban J connectivity index is 1.83. The van der Waals surface area contributed by atoms with Crippen LogP contribution in [-0.2, 0) is 12.0 Å². The summed E-state index contributed by atoms with van der Waals surface area (Å²) in [6, 6.07) is 17.3. The SMILES string of the molecule is Cc1cc(C(C)(C)C)c(Cl)cc1-c1cc(OCc2ccccc2)c(-c2cc(C(N)=O)no2)c(C)n1. The molecule has 2 N–H and O–H groups in total. The Morgan fingerprint density at radius 3 is 2.43 bits per heavy atom. The third kappa shape index (κ3) is 5.23. The normalized spacial score (nSPS) is 11.5. The number of rotatable bonds is 6. The van der Waals surface area contributed by atoms with Crippen LogP contribution in [0.3, 0.4) is 0 Å². The fraction of sp³-hybridized carbons (Fsp3) is 0.250. The Labute approximate surface area is 210 Å². The molecular formula is C28H28ClN3O3. The molecule has 6 nitrogen and oxygen atoms in total. The molecule has 0 spiro atoms. The molecule has 0 aliphatic rings. The van der Waals surface area contributed by atoms with Crippen LogP contribution in [0.2, 0.25) is 5.02 Å². The third-order valence-electron chi connectivity index (χ3n) is 5.81. The van der Waals surface area contributed by atoms with Crippen molar-refractivity contribution in [2.75, 3.05) is 0 Å². The Morgan fingerprint density at radius 1 is 1.09 bits per heavy atom. The maximum absolute atomic E-state index is 11.6. The van der Waals surface area contributed by atoms with E-state index in [-0.39, 0.29) is 11.1 Å². The van der Waals surface area contributed by atoms with E-state index in [2.05, 4.69) is 32.0 Å². The van der Waals surface area contributed by atoms with Gasteiger partial charge in [0.05, 0.1) is 17.0 Å². The molecule has 0 saturated carbocycles. The highest BCUT2D eigenvalue weighted by Crippen LogP contribution is 2.39. The number of hydrogen-bond donors (Lipinski definition) is 1. The summed E-state index contributed by atoms with van der Waals surface area (Å²) in [6.45, 7) is 10.7. The van der Waals surface area contributed by atoms with E-state index in [0.717, 1.165) is 27.9 Å². The first-order valence-electron chi connectivity index (χ1n) is 11.3. The van der Waals surface area contributed by atoms with Gasteiger partial charge in [0.1, 0.15) is 12.4 Å². The molecule has 0 aliphatic heterocycles. The average molecular weight is 490 g/mol. The number of nitrogens with two attached hydrogens (primary N) is 1. The Hall–Kier alpha value is -3.64. The largest absolute Gasteiger partial charge is 0.488 e. The zero-order valence-electron chi connectivity index (χ0n) is 20.5. The standard InChI is InChI=1S/C28H28ClN3O3/c1-16-11-20(28(3,4)5)21(29)12-19(16)22-13-24(34-15-18-9-7-6-8-10-18)26(17(2)31-22)25-14-23(27(30)33)32-35-25/h6-14H,15H2,1-5H3,(H2,30,33). The van der Waals surface area contributed by atoms with Crippen LogP contribution in [0.15, 0.2) is 59.1 Å². The predicted octanol–water partition coefficient (Wildman–Crippen LogP) is 6.65. The summed E-state index contributed by atoms with van der Waals surface area (Å²) in [4.78, 5) is 16.4. The van der Waals surface area contributed by atoms with Gasteiger partial charge in [-0.1, -0.05) is 73.9 Å². The average Bonchev–Trinajstić information content (AvgIpc) is 3.28. The number of halogens is 1. The molecule has 4 rings (SSSR count). The number of pyridine rings is 1. The van der Waals surface area contributed by atoms with Gasteiger partial charge in [0.2, 0.25) is 0 Å². The molecule has 0 saturated heterocycles. The molecule has 2 aromatic carbocycles. The van der Waals surface area contributed by atoms with E-state index in [1.54, 1.807) is 0 Å². The highest BCUT2D eigenvalue weighted by molar-refractivity contribution is 6.31. The Kier molecular flexibility index (Phi) is 6.68. The molecule has 180 valence electrons. The Bertz CT molecular complexity index is 1390. The topological polar surface area (TPSA) is 91.2 Å². The number of benzene rings is 2. The molecule has 0 unspecified atom stereocenters. The van der Waals surface area contributed by atoms with E-state index in [1.165, 1.54) is 6.07 Å². The summed E-state index contributed by atoms with van der Waals surface area (Å²) in [5.74, 6) is 0.244. The lowest BCUT2D eigenvalue weighted by Gasteiger charge is -2.23. The monoisotopic (exact) mass is 489 g/mol. The number of amides is 1. The third-order valence-corrected chi connectivity index (χ3v) is 6.12. The highest BCUT2D eigenvalue weighted by Gasteiger charge is 2.23. The molecule has 0 aliphatic carbocycles. The Morgan fingerprint density at radius 2 is 1.80 bits per heavy atom. The molecule has 7 heteroatoms. The van der Waals surface area contributed by atoms with Crippen LogP contribution < -0.4 is 10.5 Å². The summed E-state index contributed by atoms with van der Waals surface area (Å²) in [5.41, 5.74) is 11.4. The van der Waals surface area contributed by atoms with Crippen molar-refractivity contribution < 1.29 is 14.1 Å². The van der Waals surface area contributed by atoms with E-state index in [9.17, 15) is 4.79 Å². The fourth-order valence-corrected chi connectivity index (χ4v) is 4.42. The lowest BCUT2D eigenvalue weighted by Crippen LogP contribution is -2.12. The van der Waals surface area contributed by atoms with Crippen molar-refractivity contribution in [3.8, 4) is 28.3 Å². The fourth-order valence-electron chi connectivity index (χ4n) is 3.97. The number of primary amides is 1. The first-order chi connectivity index (χ1) is 16.5. The van der Waals surface area contributed by atoms with Crippen molar-refractivity contribution in [3.05, 3.63) is 87.7 Å². The van der Waals surface area contributed by atoms with Gasteiger partial charge in [0.25, 0.3) is 5.91 Å². The van der Waals surface area contributed by atoms with Crippen molar-refractivity contribution in [2.45, 2.75) is 46.6 Å². The number of aryl methyl sites for hydroxylation is 2. The van der Waals surface area contributed by atoms with Crippen LogP contribution in [0, 0.1) is 13.8 Å². The summed E-state index contributed by atoms with van der Waals surface area (Å²) in [5, 5.41) is 4.47. The van der Waals surface area contributed by atoms with Gasteiger partial charge in [-0.05, 0) is 42.0 Å². The first-order valence-corrected chi connectivity index (χ1v) is 11.7. The van der Waals surface area contributed by atoms with E-state index >= 15 is 0 Å². The van der Waals surface area contributed by atoms with E-state index in [1.807, 2.05) is 56.3 Å². The molecule has 1 amide bonds. The minimum Gasteiger partial charge on any atom is -0.488 e. The number of aromatic nitrogens is 2. The smallest absolute Gasteiger partial charge is 0.270 e. The summed E-state index contributed by atoms with van der Waals surface area (Å²) < 4.78 is 11.7. The number of carbonyl (C=O) groups excluding carboxylic acids is 1. The van der Waals surface area contributed by atoms with Gasteiger partial charge >= 0.3 is 0 Å². The summed E-state index contributed by atoms with van der Waals surface area (Å²) in [7, 11) is 0. The molecule has 0 bridgehead atoms. The van der Waals surface area contributed by atoms with Gasteiger partial charge in [0, 0.05) is 22.7 Å². The molecule has 0 atom stereocenters. The second-order valence-electron chi connectivity index (χ2n) is 9.58. The second-order valence-corrected chi connectivity index (χ2v) is 9.99. The van der Waals surface area contributed by atoms with Crippen LogP contribution in [0.5, 0.6) is 5.75 Å². The highest BCUT2D eigenvalue weighted by atomic mass is 35.5. The lowest BCUT2D eigenvalue weighted by molar-refractivity contribution is 0.0991. The van der Waals surface area contributed by atoms with Crippen LogP contribution in [0.1, 0.15) is 53.6 Å². The maximum atomic E-state index is 11.6. The maximum Gasteiger partial charge on any atom is 0.270 e. The minimum absolute atomic E-state index is 0.0397. The van der Waals surface area contributed by atoms with Gasteiger partial charge in [-0.2, -0.15) is 0 Å². The zero-order valence-corrected chi connectivity index (χ0v) is 21.2. The van der Waals surface area contributed by atoms with Crippen LogP contribution in [-0.4, -0.2) is 16.0 Å². The van der Waals surface area contributed by atoms with Crippen LogP contribution in [0.4, 0.5) is 0 Å². The van der Waals surface area contributed by atoms with E-state index < -0.39 is 5.91 Å². The van der Waals surface area contributed by atoms with Crippen LogP contribution >= 0.6 is 11.6 Å². The minimum atomic E-state index is -0.668. The summed E-state index contributed by atoms with van der Waals surface area (Å²) in [6.07, 6.45) is 0. The van der Waals surface area contributed by atoms with Crippen molar-refractivity contribution >= 4 is 17.5 Å².